The third kappa shape index (κ3) is 2.89. The number of aldehydes is 1. The Hall–Kier alpha value is -1.16. The van der Waals surface area contributed by atoms with E-state index in [1.807, 2.05) is 0 Å². The van der Waals surface area contributed by atoms with Gasteiger partial charge in [0.25, 0.3) is 0 Å². The van der Waals surface area contributed by atoms with E-state index in [9.17, 15) is 9.59 Å². The Morgan fingerprint density at radius 2 is 2.00 bits per heavy atom. The van der Waals surface area contributed by atoms with Gasteiger partial charge in [-0.2, -0.15) is 0 Å². The molecule has 84 valence electrons. The molecule has 0 aromatic rings. The summed E-state index contributed by atoms with van der Waals surface area (Å²) in [7, 11) is 2.06. The van der Waals surface area contributed by atoms with Gasteiger partial charge in [0.1, 0.15) is 6.29 Å². The van der Waals surface area contributed by atoms with Crippen molar-refractivity contribution in [2.45, 2.75) is 19.4 Å². The molecule has 1 fully saturated rings. The lowest BCUT2D eigenvalue weighted by atomic mass is 10.00. The molecule has 0 N–H and O–H groups in total. The van der Waals surface area contributed by atoms with Crippen molar-refractivity contribution in [3.05, 3.63) is 12.2 Å². The zero-order valence-corrected chi connectivity index (χ0v) is 9.56. The van der Waals surface area contributed by atoms with Crippen LogP contribution < -0.4 is 0 Å². The minimum Gasteiger partial charge on any atom is -0.336 e. The summed E-state index contributed by atoms with van der Waals surface area (Å²) < 4.78 is 0. The van der Waals surface area contributed by atoms with Crippen LogP contribution in [0.25, 0.3) is 0 Å². The summed E-state index contributed by atoms with van der Waals surface area (Å²) in [5, 5.41) is 0. The highest BCUT2D eigenvalue weighted by Crippen LogP contribution is 2.18. The maximum absolute atomic E-state index is 11.6. The highest BCUT2D eigenvalue weighted by atomic mass is 16.2. The first kappa shape index (κ1) is 11.9. The van der Waals surface area contributed by atoms with Crippen LogP contribution in [0, 0.1) is 0 Å². The number of hydrogen-bond donors (Lipinski definition) is 0. The zero-order valence-electron chi connectivity index (χ0n) is 9.56. The van der Waals surface area contributed by atoms with Gasteiger partial charge in [-0.15, -0.1) is 0 Å². The predicted octanol–water partition coefficient (Wildman–Crippen LogP) is 0.294. The molecule has 4 heteroatoms. The van der Waals surface area contributed by atoms with E-state index < -0.39 is 0 Å². The van der Waals surface area contributed by atoms with Gasteiger partial charge in [-0.1, -0.05) is 0 Å². The highest BCUT2D eigenvalue weighted by Gasteiger charge is 2.32. The molecule has 0 aromatic heterocycles. The SMILES string of the molecule is CN1CCN(C(=O)/C=C/C=O)CC1(C)C. The number of carbonyl (C=O) groups excluding carboxylic acids is 2. The number of amides is 1. The third-order valence-electron chi connectivity index (χ3n) is 2.95. The molecule has 1 aliphatic rings. The highest BCUT2D eigenvalue weighted by molar-refractivity contribution is 5.91. The van der Waals surface area contributed by atoms with Crippen LogP contribution in [0.2, 0.25) is 0 Å². The average Bonchev–Trinajstić information content (AvgIpc) is 2.18. The summed E-state index contributed by atoms with van der Waals surface area (Å²) in [6.45, 7) is 6.51. The largest absolute Gasteiger partial charge is 0.336 e. The lowest BCUT2D eigenvalue weighted by Crippen LogP contribution is -2.58. The number of carbonyl (C=O) groups is 2. The molecular formula is C11H18N2O2. The lowest BCUT2D eigenvalue weighted by molar-refractivity contribution is -0.130. The molecule has 1 heterocycles. The summed E-state index contributed by atoms with van der Waals surface area (Å²) in [6, 6.07) is 0. The Bertz CT molecular complexity index is 284. The van der Waals surface area contributed by atoms with E-state index in [1.54, 1.807) is 4.90 Å². The number of likely N-dealkylation sites (N-methyl/N-ethyl adjacent to an activating group) is 1. The Morgan fingerprint density at radius 1 is 1.33 bits per heavy atom. The van der Waals surface area contributed by atoms with Crippen molar-refractivity contribution in [3.63, 3.8) is 0 Å². The molecule has 0 radical (unpaired) electrons. The Kier molecular flexibility index (Phi) is 3.63. The molecule has 0 spiro atoms. The summed E-state index contributed by atoms with van der Waals surface area (Å²) in [4.78, 5) is 25.7. The Balaban J connectivity index is 2.63. The molecule has 1 aliphatic heterocycles. The summed E-state index contributed by atoms with van der Waals surface area (Å²) in [6.07, 6.45) is 3.20. The fourth-order valence-corrected chi connectivity index (χ4v) is 1.66. The fraction of sp³-hybridized carbons (Fsp3) is 0.636. The van der Waals surface area contributed by atoms with E-state index in [0.717, 1.165) is 13.1 Å². The van der Waals surface area contributed by atoms with Crippen LogP contribution in [0.3, 0.4) is 0 Å². The van der Waals surface area contributed by atoms with E-state index in [4.69, 9.17) is 0 Å². The lowest BCUT2D eigenvalue weighted by Gasteiger charge is -2.45. The predicted molar refractivity (Wildman–Crippen MR) is 58.5 cm³/mol. The number of hydrogen-bond acceptors (Lipinski definition) is 3. The quantitative estimate of drug-likeness (QED) is 0.486. The van der Waals surface area contributed by atoms with Crippen molar-refractivity contribution in [2.24, 2.45) is 0 Å². The normalized spacial score (nSPS) is 21.9. The second-order valence-electron chi connectivity index (χ2n) is 4.49. The molecule has 15 heavy (non-hydrogen) atoms. The van der Waals surface area contributed by atoms with Crippen LogP contribution in [0.15, 0.2) is 12.2 Å². The van der Waals surface area contributed by atoms with E-state index in [0.29, 0.717) is 12.8 Å². The molecule has 1 amide bonds. The molecule has 0 atom stereocenters. The second-order valence-corrected chi connectivity index (χ2v) is 4.49. The van der Waals surface area contributed by atoms with Crippen LogP contribution in [0.1, 0.15) is 13.8 Å². The van der Waals surface area contributed by atoms with E-state index in [1.165, 1.54) is 12.2 Å². The monoisotopic (exact) mass is 210 g/mol. The Labute approximate surface area is 90.5 Å². The first-order valence-corrected chi connectivity index (χ1v) is 5.09. The molecule has 4 nitrogen and oxygen atoms in total. The first-order chi connectivity index (χ1) is 6.97. The van der Waals surface area contributed by atoms with E-state index >= 15 is 0 Å². The van der Waals surface area contributed by atoms with Crippen molar-refractivity contribution in [3.8, 4) is 0 Å². The van der Waals surface area contributed by atoms with Crippen LogP contribution in [0.5, 0.6) is 0 Å². The molecule has 1 rings (SSSR count). The number of nitrogens with zero attached hydrogens (tertiary/aromatic N) is 2. The first-order valence-electron chi connectivity index (χ1n) is 5.09. The standard InChI is InChI=1S/C11H18N2O2/c1-11(2)9-13(7-6-12(11)3)10(15)5-4-8-14/h4-5,8H,6-7,9H2,1-3H3/b5-4+. The van der Waals surface area contributed by atoms with Gasteiger partial charge in [-0.05, 0) is 27.0 Å². The molecular weight excluding hydrogens is 192 g/mol. The van der Waals surface area contributed by atoms with Gasteiger partial charge < -0.3 is 4.90 Å². The van der Waals surface area contributed by atoms with Gasteiger partial charge in [-0.3, -0.25) is 14.5 Å². The van der Waals surface area contributed by atoms with Crippen LogP contribution in [-0.2, 0) is 9.59 Å². The molecule has 0 aliphatic carbocycles. The zero-order chi connectivity index (χ0) is 11.5. The van der Waals surface area contributed by atoms with Crippen LogP contribution >= 0.6 is 0 Å². The average molecular weight is 210 g/mol. The molecule has 0 bridgehead atoms. The van der Waals surface area contributed by atoms with Gasteiger partial charge in [0.2, 0.25) is 5.91 Å². The second kappa shape index (κ2) is 4.57. The van der Waals surface area contributed by atoms with Crippen molar-refractivity contribution < 1.29 is 9.59 Å². The van der Waals surface area contributed by atoms with Crippen molar-refractivity contribution in [1.29, 1.82) is 0 Å². The van der Waals surface area contributed by atoms with Crippen molar-refractivity contribution in [2.75, 3.05) is 26.7 Å². The summed E-state index contributed by atoms with van der Waals surface area (Å²) in [5.74, 6) is -0.0803. The smallest absolute Gasteiger partial charge is 0.246 e. The van der Waals surface area contributed by atoms with Gasteiger partial charge in [0.05, 0.1) is 0 Å². The summed E-state index contributed by atoms with van der Waals surface area (Å²) >= 11 is 0. The van der Waals surface area contributed by atoms with Gasteiger partial charge in [0, 0.05) is 31.2 Å². The summed E-state index contributed by atoms with van der Waals surface area (Å²) in [5.41, 5.74) is 0.00291. The topological polar surface area (TPSA) is 40.6 Å². The van der Waals surface area contributed by atoms with Crippen molar-refractivity contribution >= 4 is 12.2 Å². The third-order valence-corrected chi connectivity index (χ3v) is 2.95. The van der Waals surface area contributed by atoms with Crippen molar-refractivity contribution in [1.82, 2.24) is 9.80 Å². The molecule has 0 saturated carbocycles. The minimum atomic E-state index is -0.0803. The number of piperazine rings is 1. The number of rotatable bonds is 2. The minimum absolute atomic E-state index is 0.00291. The van der Waals surface area contributed by atoms with Gasteiger partial charge >= 0.3 is 0 Å². The number of allylic oxidation sites excluding steroid dienone is 1. The molecule has 1 saturated heterocycles. The van der Waals surface area contributed by atoms with Gasteiger partial charge in [0.15, 0.2) is 0 Å². The maximum atomic E-state index is 11.6. The molecule has 0 unspecified atom stereocenters. The van der Waals surface area contributed by atoms with E-state index in [-0.39, 0.29) is 11.4 Å². The Morgan fingerprint density at radius 3 is 2.53 bits per heavy atom. The van der Waals surface area contributed by atoms with Gasteiger partial charge in [-0.25, -0.2) is 0 Å². The maximum Gasteiger partial charge on any atom is 0.246 e. The fourth-order valence-electron chi connectivity index (χ4n) is 1.66. The van der Waals surface area contributed by atoms with Crippen LogP contribution in [-0.4, -0.2) is 54.2 Å². The molecule has 0 aromatic carbocycles. The van der Waals surface area contributed by atoms with E-state index in [2.05, 4.69) is 25.8 Å². The van der Waals surface area contributed by atoms with Crippen LogP contribution in [0.4, 0.5) is 0 Å².